The molecule has 2 fully saturated rings. The molecule has 2 rings (SSSR count). The topological polar surface area (TPSA) is 35.5 Å². The molecule has 0 spiro atoms. The molecule has 0 N–H and O–H groups in total. The number of fused-ring (bicyclic) bond motifs is 2. The van der Waals surface area contributed by atoms with Crippen LogP contribution in [0, 0.1) is 16.7 Å². The summed E-state index contributed by atoms with van der Waals surface area (Å²) in [5, 5.41) is -0.234. The van der Waals surface area contributed by atoms with Crippen LogP contribution in [0.5, 0.6) is 0 Å². The molecule has 2 saturated carbocycles. The van der Waals surface area contributed by atoms with Gasteiger partial charge < -0.3 is 9.47 Å². The first-order valence-corrected chi connectivity index (χ1v) is 8.28. The molecule has 0 radical (unpaired) electrons. The number of carbonyl (C=O) groups excluding carboxylic acids is 1. The maximum Gasteiger partial charge on any atom is 0.369 e. The molecule has 0 amide bonds. The van der Waals surface area contributed by atoms with E-state index < -0.39 is 6.29 Å². The fourth-order valence-electron chi connectivity index (χ4n) is 3.88. The minimum absolute atomic E-state index is 0.218. The van der Waals surface area contributed by atoms with E-state index in [9.17, 15) is 4.79 Å². The summed E-state index contributed by atoms with van der Waals surface area (Å²) in [6.45, 7) is 10.8. The van der Waals surface area contributed by atoms with Crippen molar-refractivity contribution in [2.24, 2.45) is 16.7 Å². The second-order valence-corrected chi connectivity index (χ2v) is 7.80. The fourth-order valence-corrected chi connectivity index (χ4v) is 4.32. The van der Waals surface area contributed by atoms with E-state index in [4.69, 9.17) is 9.47 Å². The van der Waals surface area contributed by atoms with Gasteiger partial charge in [-0.05, 0) is 54.7 Å². The summed E-state index contributed by atoms with van der Waals surface area (Å²) in [6.07, 6.45) is 3.41. The largest absolute Gasteiger partial charge is 0.428 e. The van der Waals surface area contributed by atoms with Gasteiger partial charge in [0.2, 0.25) is 6.29 Å². The molecule has 2 bridgehead atoms. The van der Waals surface area contributed by atoms with E-state index in [-0.39, 0.29) is 16.8 Å². The molecule has 4 unspecified atom stereocenters. The van der Waals surface area contributed by atoms with Crippen LogP contribution in [0.4, 0.5) is 4.79 Å². The van der Waals surface area contributed by atoms with Crippen molar-refractivity contribution < 1.29 is 14.3 Å². The van der Waals surface area contributed by atoms with Gasteiger partial charge in [0.05, 0.1) is 6.10 Å². The van der Waals surface area contributed by atoms with Crippen LogP contribution in [0.15, 0.2) is 0 Å². The molecule has 0 aromatic rings. The first kappa shape index (κ1) is 15.2. The molecule has 19 heavy (non-hydrogen) atoms. The Morgan fingerprint density at radius 1 is 1.42 bits per heavy atom. The highest BCUT2D eigenvalue weighted by Gasteiger charge is 2.62. The summed E-state index contributed by atoms with van der Waals surface area (Å²) in [7, 11) is 0. The zero-order valence-corrected chi connectivity index (χ0v) is 13.5. The van der Waals surface area contributed by atoms with Gasteiger partial charge in [0.1, 0.15) is 0 Å². The minimum Gasteiger partial charge on any atom is -0.428 e. The zero-order chi connectivity index (χ0) is 14.3. The quantitative estimate of drug-likeness (QED) is 0.565. The average Bonchev–Trinajstić information content (AvgIpc) is 2.62. The Bertz CT molecular complexity index is 355. The summed E-state index contributed by atoms with van der Waals surface area (Å²) < 4.78 is 11.3. The van der Waals surface area contributed by atoms with E-state index in [2.05, 4.69) is 20.8 Å². The third kappa shape index (κ3) is 2.54. The fraction of sp³-hybridized carbons (Fsp3) is 0.933. The lowest BCUT2D eigenvalue weighted by molar-refractivity contribution is -0.159. The van der Waals surface area contributed by atoms with Crippen molar-refractivity contribution in [3.63, 3.8) is 0 Å². The summed E-state index contributed by atoms with van der Waals surface area (Å²) in [6, 6.07) is 0. The van der Waals surface area contributed by atoms with E-state index in [0.29, 0.717) is 5.41 Å². The highest BCUT2D eigenvalue weighted by molar-refractivity contribution is 8.13. The smallest absolute Gasteiger partial charge is 0.369 e. The lowest BCUT2D eigenvalue weighted by Gasteiger charge is -2.39. The minimum atomic E-state index is -0.441. The molecule has 0 aromatic carbocycles. The Labute approximate surface area is 120 Å². The number of ether oxygens (including phenoxy) is 2. The maximum atomic E-state index is 11.5. The van der Waals surface area contributed by atoms with Crippen molar-refractivity contribution in [1.82, 2.24) is 0 Å². The van der Waals surface area contributed by atoms with Gasteiger partial charge in [0.25, 0.3) is 0 Å². The highest BCUT2D eigenvalue weighted by atomic mass is 32.2. The predicted molar refractivity (Wildman–Crippen MR) is 78.2 cm³/mol. The molecule has 0 saturated heterocycles. The molecular formula is C15H26O3S. The summed E-state index contributed by atoms with van der Waals surface area (Å²) in [5.74, 6) is 1.48. The number of carbonyl (C=O) groups is 1. The average molecular weight is 286 g/mol. The number of thioether (sulfide) groups is 1. The van der Waals surface area contributed by atoms with Gasteiger partial charge in [-0.15, -0.1) is 0 Å². The third-order valence-corrected chi connectivity index (χ3v) is 6.21. The molecule has 0 heterocycles. The molecule has 0 aromatic heterocycles. The van der Waals surface area contributed by atoms with Gasteiger partial charge in [-0.1, -0.05) is 27.7 Å². The van der Waals surface area contributed by atoms with Gasteiger partial charge in [0.15, 0.2) is 0 Å². The summed E-state index contributed by atoms with van der Waals surface area (Å²) in [5.41, 5.74) is 0.551. The second kappa shape index (κ2) is 5.28. The standard InChI is InChI=1S/C15H26O3S/c1-6-19-13(16)18-10(2)17-12-9-11-7-8-15(12,5)14(11,3)4/h10-12H,6-9H2,1-5H3. The van der Waals surface area contributed by atoms with Crippen LogP contribution < -0.4 is 0 Å². The van der Waals surface area contributed by atoms with Crippen LogP contribution in [0.25, 0.3) is 0 Å². The van der Waals surface area contributed by atoms with E-state index in [1.54, 1.807) is 0 Å². The van der Waals surface area contributed by atoms with Crippen LogP contribution in [-0.4, -0.2) is 23.4 Å². The van der Waals surface area contributed by atoms with Crippen molar-refractivity contribution in [1.29, 1.82) is 0 Å². The van der Waals surface area contributed by atoms with Crippen molar-refractivity contribution in [2.75, 3.05) is 5.75 Å². The van der Waals surface area contributed by atoms with Crippen molar-refractivity contribution in [2.45, 2.75) is 66.3 Å². The van der Waals surface area contributed by atoms with E-state index in [0.717, 1.165) is 18.1 Å². The molecule has 0 aliphatic heterocycles. The van der Waals surface area contributed by atoms with Gasteiger partial charge >= 0.3 is 5.30 Å². The first-order chi connectivity index (χ1) is 8.81. The molecule has 2 aliphatic rings. The Balaban J connectivity index is 1.93. The Morgan fingerprint density at radius 3 is 2.58 bits per heavy atom. The normalized spacial score (nSPS) is 37.3. The van der Waals surface area contributed by atoms with Crippen molar-refractivity contribution in [3.8, 4) is 0 Å². The maximum absolute atomic E-state index is 11.5. The van der Waals surface area contributed by atoms with Gasteiger partial charge in [0, 0.05) is 5.75 Å². The van der Waals surface area contributed by atoms with E-state index in [1.165, 1.54) is 24.6 Å². The van der Waals surface area contributed by atoms with Crippen LogP contribution in [0.1, 0.15) is 53.9 Å². The number of hydrogen-bond acceptors (Lipinski definition) is 4. The summed E-state index contributed by atoms with van der Waals surface area (Å²) >= 11 is 1.19. The monoisotopic (exact) mass is 286 g/mol. The van der Waals surface area contributed by atoms with Crippen LogP contribution in [0.2, 0.25) is 0 Å². The third-order valence-electron chi connectivity index (χ3n) is 5.59. The van der Waals surface area contributed by atoms with Gasteiger partial charge in [-0.3, -0.25) is 0 Å². The molecule has 4 atom stereocenters. The SMILES string of the molecule is CCSC(=O)OC(C)OC1CC2CCC1(C)C2(C)C. The van der Waals surface area contributed by atoms with Crippen LogP contribution >= 0.6 is 11.8 Å². The van der Waals surface area contributed by atoms with Gasteiger partial charge in [-0.25, -0.2) is 4.79 Å². The van der Waals surface area contributed by atoms with E-state index in [1.807, 2.05) is 13.8 Å². The number of rotatable bonds is 4. The Hall–Kier alpha value is -0.220. The summed E-state index contributed by atoms with van der Waals surface area (Å²) in [4.78, 5) is 11.5. The first-order valence-electron chi connectivity index (χ1n) is 7.30. The lowest BCUT2D eigenvalue weighted by atomic mass is 9.70. The molecule has 2 aliphatic carbocycles. The lowest BCUT2D eigenvalue weighted by Crippen LogP contribution is -2.39. The van der Waals surface area contributed by atoms with Crippen LogP contribution in [-0.2, 0) is 9.47 Å². The molecule has 3 nitrogen and oxygen atoms in total. The van der Waals surface area contributed by atoms with Crippen LogP contribution in [0.3, 0.4) is 0 Å². The van der Waals surface area contributed by atoms with Gasteiger partial charge in [-0.2, -0.15) is 0 Å². The molecular weight excluding hydrogens is 260 g/mol. The van der Waals surface area contributed by atoms with Crippen molar-refractivity contribution in [3.05, 3.63) is 0 Å². The molecule has 4 heteroatoms. The Morgan fingerprint density at radius 2 is 2.11 bits per heavy atom. The highest BCUT2D eigenvalue weighted by Crippen LogP contribution is 2.66. The Kier molecular flexibility index (Phi) is 4.22. The number of hydrogen-bond donors (Lipinski definition) is 0. The van der Waals surface area contributed by atoms with Crippen molar-refractivity contribution >= 4 is 17.1 Å². The second-order valence-electron chi connectivity index (χ2n) is 6.60. The zero-order valence-electron chi connectivity index (χ0n) is 12.7. The predicted octanol–water partition coefficient (Wildman–Crippen LogP) is 4.45. The van der Waals surface area contributed by atoms with E-state index >= 15 is 0 Å². The molecule has 110 valence electrons.